The van der Waals surface area contributed by atoms with Gasteiger partial charge < -0.3 is 35.5 Å². The normalized spacial score (nSPS) is 11.9. The first-order valence-electron chi connectivity index (χ1n) is 10.1. The minimum absolute atomic E-state index is 0.112. The van der Waals surface area contributed by atoms with Gasteiger partial charge in [-0.15, -0.1) is 0 Å². The summed E-state index contributed by atoms with van der Waals surface area (Å²) in [5.74, 6) is -0.0522. The van der Waals surface area contributed by atoms with E-state index in [-0.39, 0.29) is 17.2 Å². The molecule has 7 nitrogen and oxygen atoms in total. The molecule has 7 heteroatoms. The smallest absolute Gasteiger partial charge is 0.167 e. The number of phenols is 3. The van der Waals surface area contributed by atoms with Gasteiger partial charge in [0.25, 0.3) is 0 Å². The van der Waals surface area contributed by atoms with Crippen LogP contribution in [0.15, 0.2) is 30.5 Å². The van der Waals surface area contributed by atoms with E-state index in [1.807, 2.05) is 33.4 Å². The molecule has 2 heterocycles. The van der Waals surface area contributed by atoms with Crippen molar-refractivity contribution in [2.45, 2.75) is 12.8 Å². The van der Waals surface area contributed by atoms with Gasteiger partial charge in [-0.25, -0.2) is 0 Å². The second kappa shape index (κ2) is 7.93. The number of hydrogen-bond acceptors (Lipinski definition) is 5. The number of fused-ring (bicyclic) bond motifs is 2. The predicted molar refractivity (Wildman–Crippen MR) is 120 cm³/mol. The van der Waals surface area contributed by atoms with Gasteiger partial charge >= 0.3 is 0 Å². The second-order valence-corrected chi connectivity index (χ2v) is 7.94. The van der Waals surface area contributed by atoms with E-state index < -0.39 is 0 Å². The molecule has 0 radical (unpaired) electrons. The Hall–Kier alpha value is -3.16. The number of hydrogen-bond donors (Lipinski definition) is 6. The summed E-state index contributed by atoms with van der Waals surface area (Å²) in [6, 6.07) is 6.99. The number of aromatic hydroxyl groups is 3. The second-order valence-electron chi connectivity index (χ2n) is 7.94. The van der Waals surface area contributed by atoms with E-state index in [0.29, 0.717) is 11.8 Å². The molecule has 4 rings (SSSR count). The summed E-state index contributed by atoms with van der Waals surface area (Å²) in [6.45, 7) is 1.56. The molecule has 0 aliphatic carbocycles. The summed E-state index contributed by atoms with van der Waals surface area (Å²) in [7, 11) is 5.90. The highest BCUT2D eigenvalue weighted by atomic mass is 16.3. The van der Waals surface area contributed by atoms with E-state index >= 15 is 0 Å². The average molecular weight is 409 g/mol. The molecule has 30 heavy (non-hydrogen) atoms. The third kappa shape index (κ3) is 3.36. The fraction of sp³-hybridized carbons (Fsp3) is 0.304. The van der Waals surface area contributed by atoms with Crippen LogP contribution in [0, 0.1) is 0 Å². The summed E-state index contributed by atoms with van der Waals surface area (Å²) in [5.41, 5.74) is 5.09. The molecule has 0 atom stereocenters. The van der Waals surface area contributed by atoms with Gasteiger partial charge in [0.1, 0.15) is 5.75 Å². The lowest BCUT2D eigenvalue weighted by atomic mass is 9.98. The highest BCUT2D eigenvalue weighted by Crippen LogP contribution is 2.44. The SMILES string of the molecule is CNCCc1c(-c2cc(O)c(O)c3c(CCN(C)C)c[nH]c23)[nH]c2cccc(O)c12. The van der Waals surface area contributed by atoms with Gasteiger partial charge in [0.2, 0.25) is 0 Å². The molecule has 0 fully saturated rings. The largest absolute Gasteiger partial charge is 0.507 e. The molecule has 158 valence electrons. The summed E-state index contributed by atoms with van der Waals surface area (Å²) in [6.07, 6.45) is 3.33. The molecule has 4 aromatic rings. The van der Waals surface area contributed by atoms with Crippen LogP contribution in [-0.4, -0.2) is 64.4 Å². The Bertz CT molecular complexity index is 1210. The number of aromatic amines is 2. The van der Waals surface area contributed by atoms with Gasteiger partial charge in [-0.3, -0.25) is 0 Å². The van der Waals surface area contributed by atoms with Crippen LogP contribution in [0.1, 0.15) is 11.1 Å². The van der Waals surface area contributed by atoms with Gasteiger partial charge in [0.05, 0.1) is 11.2 Å². The molecular formula is C23H28N4O3. The third-order valence-corrected chi connectivity index (χ3v) is 5.62. The van der Waals surface area contributed by atoms with Crippen molar-refractivity contribution in [3.8, 4) is 28.5 Å². The topological polar surface area (TPSA) is 108 Å². The average Bonchev–Trinajstić information content (AvgIpc) is 3.30. The molecule has 0 saturated carbocycles. The molecule has 0 saturated heterocycles. The highest BCUT2D eigenvalue weighted by Gasteiger charge is 2.22. The lowest BCUT2D eigenvalue weighted by molar-refractivity contribution is 0.406. The van der Waals surface area contributed by atoms with E-state index in [0.717, 1.165) is 58.3 Å². The van der Waals surface area contributed by atoms with Crippen LogP contribution in [0.3, 0.4) is 0 Å². The van der Waals surface area contributed by atoms with E-state index in [9.17, 15) is 15.3 Å². The van der Waals surface area contributed by atoms with Crippen molar-refractivity contribution in [3.63, 3.8) is 0 Å². The van der Waals surface area contributed by atoms with Crippen LogP contribution >= 0.6 is 0 Å². The first-order chi connectivity index (χ1) is 14.4. The molecule has 0 amide bonds. The summed E-state index contributed by atoms with van der Waals surface area (Å²) < 4.78 is 0. The number of benzene rings is 2. The lowest BCUT2D eigenvalue weighted by Gasteiger charge is -2.11. The fourth-order valence-corrected chi connectivity index (χ4v) is 4.12. The molecular weight excluding hydrogens is 380 g/mol. The Morgan fingerprint density at radius 2 is 1.83 bits per heavy atom. The van der Waals surface area contributed by atoms with Crippen molar-refractivity contribution in [1.82, 2.24) is 20.2 Å². The highest BCUT2D eigenvalue weighted by molar-refractivity contribution is 6.05. The number of likely N-dealkylation sites (N-methyl/N-ethyl adjacent to an activating group) is 2. The Morgan fingerprint density at radius 3 is 2.57 bits per heavy atom. The maximum atomic E-state index is 10.6. The fourth-order valence-electron chi connectivity index (χ4n) is 4.12. The Morgan fingerprint density at radius 1 is 1.03 bits per heavy atom. The number of rotatable bonds is 7. The minimum atomic E-state index is -0.161. The monoisotopic (exact) mass is 408 g/mol. The molecule has 0 bridgehead atoms. The van der Waals surface area contributed by atoms with Crippen LogP contribution in [0.5, 0.6) is 17.2 Å². The van der Waals surface area contributed by atoms with Crippen molar-refractivity contribution in [2.75, 3.05) is 34.2 Å². The van der Waals surface area contributed by atoms with Crippen LogP contribution in [0.25, 0.3) is 33.1 Å². The number of phenolic OH excluding ortho intramolecular Hbond substituents is 3. The first-order valence-corrected chi connectivity index (χ1v) is 10.1. The van der Waals surface area contributed by atoms with E-state index in [1.54, 1.807) is 18.2 Å². The zero-order valence-corrected chi connectivity index (χ0v) is 17.5. The van der Waals surface area contributed by atoms with Crippen molar-refractivity contribution in [3.05, 3.63) is 41.6 Å². The molecule has 0 unspecified atom stereocenters. The van der Waals surface area contributed by atoms with Crippen molar-refractivity contribution in [2.24, 2.45) is 0 Å². The van der Waals surface area contributed by atoms with Crippen LogP contribution in [0.4, 0.5) is 0 Å². The van der Waals surface area contributed by atoms with Crippen LogP contribution in [0.2, 0.25) is 0 Å². The Balaban J connectivity index is 1.97. The quantitative estimate of drug-likeness (QED) is 0.263. The lowest BCUT2D eigenvalue weighted by Crippen LogP contribution is -2.14. The maximum Gasteiger partial charge on any atom is 0.167 e. The van der Waals surface area contributed by atoms with Crippen molar-refractivity contribution >= 4 is 21.8 Å². The number of H-pyrrole nitrogens is 2. The minimum Gasteiger partial charge on any atom is -0.507 e. The molecule has 0 aliphatic rings. The summed E-state index contributed by atoms with van der Waals surface area (Å²) >= 11 is 0. The molecule has 2 aromatic carbocycles. The standard InChI is InChI=1S/C23H28N4O3/c1-24-9-7-14-20-16(5-4-6-17(20)28)26-21(14)15-11-18(29)23(30)19-13(8-10-27(2)3)12-25-22(15)19/h4-6,11-12,24-26,28-30H,7-10H2,1-3H3. The number of aromatic nitrogens is 2. The third-order valence-electron chi connectivity index (χ3n) is 5.62. The molecule has 0 aliphatic heterocycles. The van der Waals surface area contributed by atoms with Crippen molar-refractivity contribution < 1.29 is 15.3 Å². The number of nitrogens with one attached hydrogen (secondary N) is 3. The molecule has 6 N–H and O–H groups in total. The first kappa shape index (κ1) is 20.1. The van der Waals surface area contributed by atoms with Gasteiger partial charge in [-0.1, -0.05) is 6.07 Å². The van der Waals surface area contributed by atoms with Gasteiger partial charge in [0.15, 0.2) is 11.5 Å². The summed E-state index contributed by atoms with van der Waals surface area (Å²) in [4.78, 5) is 8.80. The van der Waals surface area contributed by atoms with E-state index in [1.165, 1.54) is 0 Å². The van der Waals surface area contributed by atoms with Crippen LogP contribution in [-0.2, 0) is 12.8 Å². The van der Waals surface area contributed by atoms with Gasteiger partial charge in [-0.2, -0.15) is 0 Å². The zero-order chi connectivity index (χ0) is 21.4. The maximum absolute atomic E-state index is 10.6. The zero-order valence-electron chi connectivity index (χ0n) is 17.5. The molecule has 2 aromatic heterocycles. The van der Waals surface area contributed by atoms with E-state index in [4.69, 9.17) is 0 Å². The van der Waals surface area contributed by atoms with Gasteiger partial charge in [-0.05, 0) is 69.9 Å². The summed E-state index contributed by atoms with van der Waals surface area (Å²) in [5, 5.41) is 36.2. The van der Waals surface area contributed by atoms with Crippen LogP contribution < -0.4 is 5.32 Å². The Kier molecular flexibility index (Phi) is 5.32. The Labute approximate surface area is 175 Å². The molecule has 0 spiro atoms. The van der Waals surface area contributed by atoms with Gasteiger partial charge in [0, 0.05) is 34.6 Å². The van der Waals surface area contributed by atoms with Crippen molar-refractivity contribution in [1.29, 1.82) is 0 Å². The van der Waals surface area contributed by atoms with E-state index in [2.05, 4.69) is 20.2 Å². The number of nitrogens with zero attached hydrogens (tertiary/aromatic N) is 1. The predicted octanol–water partition coefficient (Wildman–Crippen LogP) is 3.30.